The topological polar surface area (TPSA) is 471 Å². The van der Waals surface area contributed by atoms with Gasteiger partial charge < -0.3 is 113 Å². The van der Waals surface area contributed by atoms with Crippen LogP contribution in [0.4, 0.5) is 0 Å². The minimum atomic E-state index is -2.09. The zero-order valence-corrected chi connectivity index (χ0v) is 31.0. The third kappa shape index (κ3) is 13.3. The lowest BCUT2D eigenvalue weighted by molar-refractivity contribution is -0.373. The summed E-state index contributed by atoms with van der Waals surface area (Å²) in [7, 11) is 0. The summed E-state index contributed by atoms with van der Waals surface area (Å²) >= 11 is 0. The summed E-state index contributed by atoms with van der Waals surface area (Å²) in [4.78, 5) is 71.7. The van der Waals surface area contributed by atoms with Gasteiger partial charge in [0.25, 0.3) is 0 Å². The smallest absolute Gasteiger partial charge is 0.326 e. The van der Waals surface area contributed by atoms with Gasteiger partial charge in [0.15, 0.2) is 18.8 Å². The van der Waals surface area contributed by atoms with E-state index in [2.05, 4.69) is 16.0 Å². The van der Waals surface area contributed by atoms with Crippen molar-refractivity contribution in [2.45, 2.75) is 123 Å². The molecule has 3 saturated heterocycles. The van der Waals surface area contributed by atoms with Crippen molar-refractivity contribution in [3.8, 4) is 0 Å². The van der Waals surface area contributed by atoms with Crippen LogP contribution in [0.1, 0.15) is 19.3 Å². The van der Waals surface area contributed by atoms with Gasteiger partial charge in [0.1, 0.15) is 79.3 Å². The predicted molar refractivity (Wildman–Crippen MR) is 184 cm³/mol. The second-order valence-corrected chi connectivity index (χ2v) is 13.7. The standard InChI is InChI=1S/C31H52N6O22/c32-9(1-2-14(33)41)27(52)35-4-16(43)34-5-17(44)36-10(29(53)54)3-15(42)37-28-22(49)20(47)25(12(7-39)55-28)58-31-24(51)21(48)26(13(8-40)57-31)59-30-23(50)19(46)18(45)11(6-38)56-30/h9-13,18-26,28,30-31,38-40,45-51H,1-8,32H2,(H2,33,41)(H,34,43)(H,35,52)(H,36,44)(H,37,42)(H,53,54)/t9-,10-,11+,12+,13+,18+,19-,20+,21+,22+,23+,24+,25+,26+,28+,30+,31+/m0/s1. The zero-order chi connectivity index (χ0) is 44.3. The van der Waals surface area contributed by atoms with Crippen LogP contribution in [-0.2, 0) is 52.5 Å². The summed E-state index contributed by atoms with van der Waals surface area (Å²) in [5.74, 6) is -6.33. The molecule has 3 rings (SSSR count). The highest BCUT2D eigenvalue weighted by molar-refractivity contribution is 5.92. The van der Waals surface area contributed by atoms with E-state index in [-0.39, 0.29) is 12.8 Å². The fraction of sp³-hybridized carbons (Fsp3) is 0.806. The number of aliphatic hydroxyl groups excluding tert-OH is 10. The number of hydrogen-bond donors (Lipinski definition) is 17. The van der Waals surface area contributed by atoms with E-state index in [4.69, 9.17) is 35.2 Å². The number of aliphatic hydroxyl groups is 10. The Balaban J connectivity index is 1.54. The maximum Gasteiger partial charge on any atom is 0.326 e. The number of ether oxygens (including phenoxy) is 5. The van der Waals surface area contributed by atoms with E-state index >= 15 is 0 Å². The van der Waals surface area contributed by atoms with Gasteiger partial charge in [-0.2, -0.15) is 0 Å². The third-order valence-electron chi connectivity index (χ3n) is 9.35. The molecule has 19 N–H and O–H groups in total. The van der Waals surface area contributed by atoms with Gasteiger partial charge in [0, 0.05) is 6.42 Å². The highest BCUT2D eigenvalue weighted by Crippen LogP contribution is 2.32. The maximum absolute atomic E-state index is 12.8. The Bertz CT molecular complexity index is 1440. The van der Waals surface area contributed by atoms with Gasteiger partial charge in [-0.05, 0) is 6.42 Å². The summed E-state index contributed by atoms with van der Waals surface area (Å²) in [5.41, 5.74) is 10.6. The molecule has 0 aromatic rings. The molecule has 0 aromatic carbocycles. The van der Waals surface area contributed by atoms with Crippen molar-refractivity contribution in [2.75, 3.05) is 32.9 Å². The van der Waals surface area contributed by atoms with Gasteiger partial charge in [-0.1, -0.05) is 0 Å². The normalized spacial score (nSPS) is 35.7. The number of rotatable bonds is 20. The Morgan fingerprint density at radius 1 is 0.627 bits per heavy atom. The third-order valence-corrected chi connectivity index (χ3v) is 9.35. The fourth-order valence-corrected chi connectivity index (χ4v) is 6.01. The van der Waals surface area contributed by atoms with Crippen LogP contribution in [0.3, 0.4) is 0 Å². The summed E-state index contributed by atoms with van der Waals surface area (Å²) in [6.45, 7) is -4.18. The second-order valence-electron chi connectivity index (χ2n) is 13.7. The summed E-state index contributed by atoms with van der Waals surface area (Å²) in [6.07, 6.45) is -28.8. The Hall–Kier alpha value is -3.82. The van der Waals surface area contributed by atoms with Crippen LogP contribution in [0.5, 0.6) is 0 Å². The highest BCUT2D eigenvalue weighted by Gasteiger charge is 2.53. The molecule has 0 saturated carbocycles. The quantitative estimate of drug-likeness (QED) is 0.0540. The van der Waals surface area contributed by atoms with Crippen LogP contribution in [0, 0.1) is 0 Å². The van der Waals surface area contributed by atoms with Gasteiger partial charge in [-0.15, -0.1) is 0 Å². The molecule has 5 amide bonds. The lowest BCUT2D eigenvalue weighted by Crippen LogP contribution is -2.67. The van der Waals surface area contributed by atoms with Crippen LogP contribution in [0.15, 0.2) is 0 Å². The van der Waals surface area contributed by atoms with Crippen LogP contribution in [-0.4, -0.2) is 229 Å². The lowest BCUT2D eigenvalue weighted by atomic mass is 9.95. The first kappa shape index (κ1) is 49.5. The van der Waals surface area contributed by atoms with Crippen LogP contribution >= 0.6 is 0 Å². The summed E-state index contributed by atoms with van der Waals surface area (Å²) in [6, 6.07) is -3.06. The molecular formula is C31H52N6O22. The average molecular weight is 861 g/mol. The Labute approximate surface area is 333 Å². The van der Waals surface area contributed by atoms with E-state index in [1.807, 2.05) is 5.32 Å². The molecule has 0 unspecified atom stereocenters. The van der Waals surface area contributed by atoms with Crippen molar-refractivity contribution in [3.05, 3.63) is 0 Å². The monoisotopic (exact) mass is 860 g/mol. The predicted octanol–water partition coefficient (Wildman–Crippen LogP) is -11.7. The number of primary amides is 1. The van der Waals surface area contributed by atoms with Gasteiger partial charge in [0.05, 0.1) is 45.4 Å². The molecule has 338 valence electrons. The number of carboxylic acid groups (broad SMARTS) is 1. The molecular weight excluding hydrogens is 808 g/mol. The number of carboxylic acids is 1. The molecule has 3 aliphatic rings. The van der Waals surface area contributed by atoms with E-state index in [9.17, 15) is 84.9 Å². The van der Waals surface area contributed by atoms with Crippen LogP contribution in [0.25, 0.3) is 0 Å². The molecule has 0 bridgehead atoms. The highest BCUT2D eigenvalue weighted by atomic mass is 16.7. The van der Waals surface area contributed by atoms with Crippen molar-refractivity contribution < 1.29 is 109 Å². The fourth-order valence-electron chi connectivity index (χ4n) is 6.01. The SMILES string of the molecule is NC(=O)CC[C@H](N)C(=O)NCC(=O)NCC(=O)N[C@@H](CC(=O)N[C@@H]1O[C@H](CO)[C@@H](O[C@H]2O[C@H](CO)[C@@H](O[C@H]3O[C@H](CO)[C@@H](O)[C@H](O)[C@H]3O)[C@H](O)[C@H]2O)[C@H](O)[C@H]1O)C(=O)O. The molecule has 59 heavy (non-hydrogen) atoms. The number of aliphatic carboxylic acids is 1. The van der Waals surface area contributed by atoms with Crippen molar-refractivity contribution in [2.24, 2.45) is 11.5 Å². The van der Waals surface area contributed by atoms with Gasteiger partial charge >= 0.3 is 5.97 Å². The molecule has 17 atom stereocenters. The van der Waals surface area contributed by atoms with Gasteiger partial charge in [-0.3, -0.25) is 24.0 Å². The Morgan fingerprint density at radius 2 is 1.14 bits per heavy atom. The van der Waals surface area contributed by atoms with Crippen molar-refractivity contribution >= 4 is 35.5 Å². The Kier molecular flexibility index (Phi) is 19.1. The van der Waals surface area contributed by atoms with Gasteiger partial charge in [0.2, 0.25) is 29.5 Å². The maximum atomic E-state index is 12.8. The minimum Gasteiger partial charge on any atom is -0.480 e. The first-order chi connectivity index (χ1) is 27.7. The molecule has 28 nitrogen and oxygen atoms in total. The van der Waals surface area contributed by atoms with Gasteiger partial charge in [-0.25, -0.2) is 4.79 Å². The summed E-state index contributed by atoms with van der Waals surface area (Å²) < 4.78 is 27.2. The number of nitrogens with two attached hydrogens (primary N) is 2. The number of nitrogens with one attached hydrogen (secondary N) is 4. The average Bonchev–Trinajstić information content (AvgIpc) is 3.19. The molecule has 0 spiro atoms. The first-order valence-electron chi connectivity index (χ1n) is 18.0. The summed E-state index contributed by atoms with van der Waals surface area (Å²) in [5, 5.41) is 121. The molecule has 0 radical (unpaired) electrons. The van der Waals surface area contributed by atoms with Crippen molar-refractivity contribution in [1.29, 1.82) is 0 Å². The molecule has 0 aromatic heterocycles. The van der Waals surface area contributed by atoms with Crippen LogP contribution < -0.4 is 32.7 Å². The van der Waals surface area contributed by atoms with Crippen molar-refractivity contribution in [1.82, 2.24) is 21.3 Å². The van der Waals surface area contributed by atoms with E-state index in [1.54, 1.807) is 0 Å². The number of carbonyl (C=O) groups is 6. The second kappa shape index (κ2) is 22.7. The van der Waals surface area contributed by atoms with E-state index in [0.717, 1.165) is 0 Å². The zero-order valence-electron chi connectivity index (χ0n) is 31.0. The molecule has 3 fully saturated rings. The number of hydrogen-bond acceptors (Lipinski definition) is 22. The minimum absolute atomic E-state index is 0.0853. The number of amides is 5. The first-order valence-corrected chi connectivity index (χ1v) is 18.0. The van der Waals surface area contributed by atoms with E-state index in [0.29, 0.717) is 0 Å². The van der Waals surface area contributed by atoms with Crippen molar-refractivity contribution in [3.63, 3.8) is 0 Å². The molecule has 3 heterocycles. The number of carbonyl (C=O) groups excluding carboxylic acids is 5. The molecule has 0 aliphatic carbocycles. The van der Waals surface area contributed by atoms with E-state index < -0.39 is 179 Å². The largest absolute Gasteiger partial charge is 0.480 e. The van der Waals surface area contributed by atoms with E-state index in [1.165, 1.54) is 0 Å². The Morgan fingerprint density at radius 3 is 1.68 bits per heavy atom. The molecule has 3 aliphatic heterocycles. The molecule has 28 heteroatoms. The van der Waals surface area contributed by atoms with Crippen LogP contribution in [0.2, 0.25) is 0 Å². The lowest BCUT2D eigenvalue weighted by Gasteiger charge is -2.48.